The van der Waals surface area contributed by atoms with Crippen LogP contribution in [0.5, 0.6) is 0 Å². The molecule has 1 aliphatic carbocycles. The lowest BCUT2D eigenvalue weighted by atomic mass is 9.85. The number of hydrogen-bond acceptors (Lipinski definition) is 3. The first-order chi connectivity index (χ1) is 9.15. The van der Waals surface area contributed by atoms with E-state index in [0.717, 1.165) is 19.6 Å². The summed E-state index contributed by atoms with van der Waals surface area (Å²) in [5.74, 6) is 0. The van der Waals surface area contributed by atoms with Crippen LogP contribution in [0.1, 0.15) is 31.0 Å². The third-order valence-corrected chi connectivity index (χ3v) is 3.82. The van der Waals surface area contributed by atoms with Gasteiger partial charge in [-0.05, 0) is 23.0 Å². The van der Waals surface area contributed by atoms with Crippen molar-refractivity contribution in [2.24, 2.45) is 5.41 Å². The van der Waals surface area contributed by atoms with Gasteiger partial charge < -0.3 is 14.8 Å². The minimum absolute atomic E-state index is 0.274. The molecule has 3 heteroatoms. The topological polar surface area (TPSA) is 30.5 Å². The molecule has 1 N–H and O–H groups in total. The summed E-state index contributed by atoms with van der Waals surface area (Å²) < 4.78 is 10.5. The third kappa shape index (κ3) is 3.56. The number of nitrogens with one attached hydrogen (secondary N) is 1. The average molecular weight is 263 g/mol. The van der Waals surface area contributed by atoms with Gasteiger partial charge in [-0.2, -0.15) is 0 Å². The lowest BCUT2D eigenvalue weighted by molar-refractivity contribution is 0.0692. The molecule has 1 unspecified atom stereocenters. The van der Waals surface area contributed by atoms with Gasteiger partial charge in [0.1, 0.15) is 0 Å². The standard InChI is InChI=1S/C16H25NO2/c1-16(2)12-13-6-4-5-7-14(13)15(16)17-8-9-19-11-10-18-3/h4-7,15,17H,8-12H2,1-3H3. The summed E-state index contributed by atoms with van der Waals surface area (Å²) in [6, 6.07) is 9.17. The second kappa shape index (κ2) is 6.51. The van der Waals surface area contributed by atoms with Gasteiger partial charge in [-0.3, -0.25) is 0 Å². The molecule has 2 rings (SSSR count). The first-order valence-electron chi connectivity index (χ1n) is 7.03. The number of hydrogen-bond donors (Lipinski definition) is 1. The maximum Gasteiger partial charge on any atom is 0.0700 e. The zero-order chi connectivity index (χ0) is 13.7. The summed E-state index contributed by atoms with van der Waals surface area (Å²) in [4.78, 5) is 0. The Morgan fingerprint density at radius 1 is 1.21 bits per heavy atom. The molecule has 0 aliphatic heterocycles. The van der Waals surface area contributed by atoms with E-state index in [9.17, 15) is 0 Å². The van der Waals surface area contributed by atoms with E-state index in [1.165, 1.54) is 11.1 Å². The van der Waals surface area contributed by atoms with Crippen LogP contribution < -0.4 is 5.32 Å². The van der Waals surface area contributed by atoms with Crippen LogP contribution in [0.4, 0.5) is 0 Å². The van der Waals surface area contributed by atoms with E-state index in [2.05, 4.69) is 43.4 Å². The first kappa shape index (κ1) is 14.5. The monoisotopic (exact) mass is 263 g/mol. The molecule has 1 atom stereocenters. The molecule has 0 saturated carbocycles. The summed E-state index contributed by atoms with van der Waals surface area (Å²) in [5.41, 5.74) is 3.20. The molecule has 0 saturated heterocycles. The molecular formula is C16H25NO2. The molecule has 0 spiro atoms. The molecule has 0 fully saturated rings. The van der Waals surface area contributed by atoms with Crippen LogP contribution in [0.3, 0.4) is 0 Å². The molecule has 1 aromatic carbocycles. The number of ether oxygens (including phenoxy) is 2. The Bertz CT molecular complexity index is 403. The Balaban J connectivity index is 1.85. The summed E-state index contributed by atoms with van der Waals surface area (Å²) in [6.07, 6.45) is 1.14. The molecule has 0 heterocycles. The molecule has 19 heavy (non-hydrogen) atoms. The number of fused-ring (bicyclic) bond motifs is 1. The van der Waals surface area contributed by atoms with Crippen molar-refractivity contribution in [2.75, 3.05) is 33.5 Å². The van der Waals surface area contributed by atoms with Gasteiger partial charge in [0, 0.05) is 19.7 Å². The SMILES string of the molecule is COCCOCCNC1c2ccccc2CC1(C)C. The van der Waals surface area contributed by atoms with Crippen molar-refractivity contribution < 1.29 is 9.47 Å². The van der Waals surface area contributed by atoms with Crippen molar-refractivity contribution in [3.05, 3.63) is 35.4 Å². The van der Waals surface area contributed by atoms with Crippen molar-refractivity contribution >= 4 is 0 Å². The summed E-state index contributed by atoms with van der Waals surface area (Å²) in [7, 11) is 1.69. The molecule has 1 aliphatic rings. The Kier molecular flexibility index (Phi) is 4.97. The molecule has 3 nitrogen and oxygen atoms in total. The van der Waals surface area contributed by atoms with E-state index in [0.29, 0.717) is 19.3 Å². The fourth-order valence-electron chi connectivity index (χ4n) is 2.90. The Morgan fingerprint density at radius 3 is 2.79 bits per heavy atom. The zero-order valence-corrected chi connectivity index (χ0v) is 12.2. The fourth-order valence-corrected chi connectivity index (χ4v) is 2.90. The van der Waals surface area contributed by atoms with E-state index in [-0.39, 0.29) is 5.41 Å². The molecule has 1 aromatic rings. The van der Waals surface area contributed by atoms with Gasteiger partial charge in [0.15, 0.2) is 0 Å². The van der Waals surface area contributed by atoms with Gasteiger partial charge in [0.05, 0.1) is 19.8 Å². The first-order valence-corrected chi connectivity index (χ1v) is 7.03. The predicted molar refractivity (Wildman–Crippen MR) is 77.4 cm³/mol. The molecular weight excluding hydrogens is 238 g/mol. The highest BCUT2D eigenvalue weighted by molar-refractivity contribution is 5.37. The second-order valence-corrected chi connectivity index (χ2v) is 5.86. The van der Waals surface area contributed by atoms with Gasteiger partial charge in [-0.1, -0.05) is 38.1 Å². The minimum atomic E-state index is 0.274. The van der Waals surface area contributed by atoms with Crippen molar-refractivity contribution in [3.8, 4) is 0 Å². The van der Waals surface area contributed by atoms with Crippen molar-refractivity contribution in [1.29, 1.82) is 0 Å². The predicted octanol–water partition coefficient (Wildman–Crippen LogP) is 2.56. The Morgan fingerprint density at radius 2 is 2.00 bits per heavy atom. The van der Waals surface area contributed by atoms with Gasteiger partial charge in [0.2, 0.25) is 0 Å². The van der Waals surface area contributed by atoms with Crippen LogP contribution in [-0.4, -0.2) is 33.5 Å². The van der Waals surface area contributed by atoms with E-state index in [4.69, 9.17) is 9.47 Å². The molecule has 0 bridgehead atoms. The van der Waals surface area contributed by atoms with Gasteiger partial charge in [-0.15, -0.1) is 0 Å². The van der Waals surface area contributed by atoms with E-state index in [1.807, 2.05) is 0 Å². The second-order valence-electron chi connectivity index (χ2n) is 5.86. The minimum Gasteiger partial charge on any atom is -0.382 e. The number of benzene rings is 1. The van der Waals surface area contributed by atoms with Crippen LogP contribution in [-0.2, 0) is 15.9 Å². The van der Waals surface area contributed by atoms with Gasteiger partial charge in [-0.25, -0.2) is 0 Å². The smallest absolute Gasteiger partial charge is 0.0700 e. The summed E-state index contributed by atoms with van der Waals surface area (Å²) in [5, 5.41) is 3.64. The number of methoxy groups -OCH3 is 1. The highest BCUT2D eigenvalue weighted by atomic mass is 16.5. The van der Waals surface area contributed by atoms with Crippen LogP contribution in [0, 0.1) is 5.41 Å². The largest absolute Gasteiger partial charge is 0.382 e. The maximum absolute atomic E-state index is 5.50. The molecule has 0 aromatic heterocycles. The van der Waals surface area contributed by atoms with Crippen LogP contribution in [0.2, 0.25) is 0 Å². The van der Waals surface area contributed by atoms with Crippen molar-refractivity contribution in [2.45, 2.75) is 26.3 Å². The van der Waals surface area contributed by atoms with Gasteiger partial charge >= 0.3 is 0 Å². The average Bonchev–Trinajstić information content (AvgIpc) is 2.64. The fraction of sp³-hybridized carbons (Fsp3) is 0.625. The van der Waals surface area contributed by atoms with Crippen molar-refractivity contribution in [1.82, 2.24) is 5.32 Å². The van der Waals surface area contributed by atoms with Crippen LogP contribution in [0.25, 0.3) is 0 Å². The van der Waals surface area contributed by atoms with E-state index < -0.39 is 0 Å². The lowest BCUT2D eigenvalue weighted by Gasteiger charge is -2.28. The normalized spacial score (nSPS) is 20.5. The Labute approximate surface area is 116 Å². The lowest BCUT2D eigenvalue weighted by Crippen LogP contribution is -2.33. The molecule has 106 valence electrons. The van der Waals surface area contributed by atoms with Crippen molar-refractivity contribution in [3.63, 3.8) is 0 Å². The van der Waals surface area contributed by atoms with Gasteiger partial charge in [0.25, 0.3) is 0 Å². The van der Waals surface area contributed by atoms with Crippen LogP contribution >= 0.6 is 0 Å². The summed E-state index contributed by atoms with van der Waals surface area (Å²) in [6.45, 7) is 7.61. The van der Waals surface area contributed by atoms with E-state index in [1.54, 1.807) is 7.11 Å². The van der Waals surface area contributed by atoms with E-state index >= 15 is 0 Å². The highest BCUT2D eigenvalue weighted by Gasteiger charge is 2.37. The maximum atomic E-state index is 5.50. The molecule has 0 amide bonds. The van der Waals surface area contributed by atoms with Crippen LogP contribution in [0.15, 0.2) is 24.3 Å². The summed E-state index contributed by atoms with van der Waals surface area (Å²) >= 11 is 0. The zero-order valence-electron chi connectivity index (χ0n) is 12.2. The number of rotatable bonds is 7. The molecule has 0 radical (unpaired) electrons. The highest BCUT2D eigenvalue weighted by Crippen LogP contribution is 2.44. The Hall–Kier alpha value is -0.900. The third-order valence-electron chi connectivity index (χ3n) is 3.82. The quantitative estimate of drug-likeness (QED) is 0.767.